The van der Waals surface area contributed by atoms with Crippen LogP contribution in [0.1, 0.15) is 33.2 Å². The van der Waals surface area contributed by atoms with Crippen LogP contribution in [-0.2, 0) is 16.1 Å². The Kier molecular flexibility index (Phi) is 3.93. The lowest BCUT2D eigenvalue weighted by atomic mass is 10.1. The molecule has 0 bridgehead atoms. The quantitative estimate of drug-likeness (QED) is 0.643. The molecule has 1 atom stereocenters. The van der Waals surface area contributed by atoms with Gasteiger partial charge in [-0.1, -0.05) is 42.5 Å². The van der Waals surface area contributed by atoms with E-state index in [0.29, 0.717) is 11.1 Å². The van der Waals surface area contributed by atoms with Crippen LogP contribution in [0.25, 0.3) is 0 Å². The summed E-state index contributed by atoms with van der Waals surface area (Å²) in [4.78, 5) is 37.8. The third-order valence-corrected chi connectivity index (χ3v) is 3.78. The summed E-state index contributed by atoms with van der Waals surface area (Å²) in [5, 5.41) is 0. The standard InChI is InChI=1S/C18H15NO4/c1-12(18(22)23-11-13-7-3-2-4-8-13)19-16(20)14-9-5-6-10-15(14)17(19)21/h2-10,12H,11H2,1H3. The van der Waals surface area contributed by atoms with Gasteiger partial charge in [-0.05, 0) is 24.6 Å². The minimum absolute atomic E-state index is 0.104. The van der Waals surface area contributed by atoms with E-state index in [9.17, 15) is 14.4 Å². The molecule has 0 radical (unpaired) electrons. The van der Waals surface area contributed by atoms with Crippen molar-refractivity contribution >= 4 is 17.8 Å². The van der Waals surface area contributed by atoms with Crippen molar-refractivity contribution in [2.45, 2.75) is 19.6 Å². The number of rotatable bonds is 4. The molecule has 1 unspecified atom stereocenters. The highest BCUT2D eigenvalue weighted by Crippen LogP contribution is 2.24. The van der Waals surface area contributed by atoms with Crippen molar-refractivity contribution in [1.82, 2.24) is 4.90 Å². The van der Waals surface area contributed by atoms with E-state index in [1.807, 2.05) is 30.3 Å². The maximum absolute atomic E-state index is 12.3. The number of esters is 1. The second-order valence-electron chi connectivity index (χ2n) is 5.30. The molecule has 5 heteroatoms. The predicted molar refractivity (Wildman–Crippen MR) is 82.6 cm³/mol. The van der Waals surface area contributed by atoms with Crippen LogP contribution in [0.15, 0.2) is 54.6 Å². The number of carbonyl (C=O) groups is 3. The second kappa shape index (κ2) is 6.04. The zero-order valence-corrected chi connectivity index (χ0v) is 12.6. The Bertz CT molecular complexity index is 735. The summed E-state index contributed by atoms with van der Waals surface area (Å²) in [6, 6.07) is 14.8. The van der Waals surface area contributed by atoms with Crippen LogP contribution in [0.4, 0.5) is 0 Å². The molecule has 0 fully saturated rings. The molecule has 2 aromatic rings. The maximum Gasteiger partial charge on any atom is 0.329 e. The van der Waals surface area contributed by atoms with Gasteiger partial charge >= 0.3 is 5.97 Å². The lowest BCUT2D eigenvalue weighted by Crippen LogP contribution is -2.43. The van der Waals surface area contributed by atoms with E-state index in [-0.39, 0.29) is 6.61 Å². The van der Waals surface area contributed by atoms with Gasteiger partial charge in [0.05, 0.1) is 11.1 Å². The first-order valence-electron chi connectivity index (χ1n) is 7.27. The Labute approximate surface area is 133 Å². The maximum atomic E-state index is 12.3. The summed E-state index contributed by atoms with van der Waals surface area (Å²) < 4.78 is 5.21. The third kappa shape index (κ3) is 2.73. The fourth-order valence-electron chi connectivity index (χ4n) is 2.51. The lowest BCUT2D eigenvalue weighted by molar-refractivity contribution is -0.149. The van der Waals surface area contributed by atoms with E-state index >= 15 is 0 Å². The van der Waals surface area contributed by atoms with Gasteiger partial charge in [0, 0.05) is 0 Å². The summed E-state index contributed by atoms with van der Waals surface area (Å²) in [5.41, 5.74) is 1.48. The van der Waals surface area contributed by atoms with E-state index in [4.69, 9.17) is 4.74 Å². The Morgan fingerprint density at radius 2 is 1.48 bits per heavy atom. The van der Waals surface area contributed by atoms with Crippen LogP contribution in [0, 0.1) is 0 Å². The van der Waals surface area contributed by atoms with Crippen LogP contribution in [0.3, 0.4) is 0 Å². The zero-order valence-electron chi connectivity index (χ0n) is 12.6. The van der Waals surface area contributed by atoms with E-state index in [0.717, 1.165) is 10.5 Å². The highest BCUT2D eigenvalue weighted by molar-refractivity contribution is 6.22. The number of fused-ring (bicyclic) bond motifs is 1. The zero-order chi connectivity index (χ0) is 16.4. The minimum Gasteiger partial charge on any atom is -0.459 e. The molecule has 1 aliphatic rings. The average Bonchev–Trinajstić information content (AvgIpc) is 2.84. The van der Waals surface area contributed by atoms with E-state index < -0.39 is 23.8 Å². The fourth-order valence-corrected chi connectivity index (χ4v) is 2.51. The first-order chi connectivity index (χ1) is 11.1. The van der Waals surface area contributed by atoms with Gasteiger partial charge in [-0.15, -0.1) is 0 Å². The number of hydrogen-bond acceptors (Lipinski definition) is 4. The van der Waals surface area contributed by atoms with Crippen LogP contribution < -0.4 is 0 Å². The van der Waals surface area contributed by atoms with Crippen LogP contribution in [0.2, 0.25) is 0 Å². The Hall–Kier alpha value is -2.95. The number of amides is 2. The van der Waals surface area contributed by atoms with Gasteiger partial charge in [0.25, 0.3) is 11.8 Å². The molecule has 0 aromatic heterocycles. The van der Waals surface area contributed by atoms with Gasteiger partial charge in [0.2, 0.25) is 0 Å². The smallest absolute Gasteiger partial charge is 0.329 e. The molecule has 1 aliphatic heterocycles. The molecule has 0 saturated heterocycles. The van der Waals surface area contributed by atoms with E-state index in [1.165, 1.54) is 6.92 Å². The van der Waals surface area contributed by atoms with Crippen molar-refractivity contribution in [1.29, 1.82) is 0 Å². The Balaban J connectivity index is 1.71. The Morgan fingerprint density at radius 1 is 0.957 bits per heavy atom. The molecule has 3 rings (SSSR count). The van der Waals surface area contributed by atoms with Crippen molar-refractivity contribution in [3.8, 4) is 0 Å². The van der Waals surface area contributed by atoms with Crippen molar-refractivity contribution in [2.24, 2.45) is 0 Å². The molecule has 116 valence electrons. The van der Waals surface area contributed by atoms with Crippen molar-refractivity contribution in [2.75, 3.05) is 0 Å². The molecule has 0 aliphatic carbocycles. The van der Waals surface area contributed by atoms with E-state index in [1.54, 1.807) is 24.3 Å². The minimum atomic E-state index is -0.967. The largest absolute Gasteiger partial charge is 0.459 e. The van der Waals surface area contributed by atoms with Crippen molar-refractivity contribution in [3.05, 3.63) is 71.3 Å². The highest BCUT2D eigenvalue weighted by atomic mass is 16.5. The van der Waals surface area contributed by atoms with Crippen LogP contribution >= 0.6 is 0 Å². The molecule has 2 amide bonds. The molecule has 0 N–H and O–H groups in total. The third-order valence-electron chi connectivity index (χ3n) is 3.78. The van der Waals surface area contributed by atoms with Crippen molar-refractivity contribution < 1.29 is 19.1 Å². The van der Waals surface area contributed by atoms with Crippen LogP contribution in [0.5, 0.6) is 0 Å². The molecule has 23 heavy (non-hydrogen) atoms. The number of benzene rings is 2. The molecule has 0 spiro atoms. The summed E-state index contributed by atoms with van der Waals surface area (Å²) >= 11 is 0. The molecule has 5 nitrogen and oxygen atoms in total. The molecule has 0 saturated carbocycles. The highest BCUT2D eigenvalue weighted by Gasteiger charge is 2.41. The van der Waals surface area contributed by atoms with Crippen LogP contribution in [-0.4, -0.2) is 28.7 Å². The normalized spacial score (nSPS) is 14.6. The Morgan fingerprint density at radius 3 is 2.04 bits per heavy atom. The monoisotopic (exact) mass is 309 g/mol. The SMILES string of the molecule is CC(C(=O)OCc1ccccc1)N1C(=O)c2ccccc2C1=O. The second-order valence-corrected chi connectivity index (χ2v) is 5.30. The first-order valence-corrected chi connectivity index (χ1v) is 7.27. The van der Waals surface area contributed by atoms with E-state index in [2.05, 4.69) is 0 Å². The molecular weight excluding hydrogens is 294 g/mol. The predicted octanol–water partition coefficient (Wildman–Crippen LogP) is 2.41. The number of carbonyl (C=O) groups excluding carboxylic acids is 3. The van der Waals surface area contributed by atoms with Gasteiger partial charge in [-0.2, -0.15) is 0 Å². The average molecular weight is 309 g/mol. The van der Waals surface area contributed by atoms with Gasteiger partial charge in [-0.25, -0.2) is 4.79 Å². The number of hydrogen-bond donors (Lipinski definition) is 0. The first kappa shape index (κ1) is 15.0. The van der Waals surface area contributed by atoms with Gasteiger partial charge in [-0.3, -0.25) is 14.5 Å². The molecule has 1 heterocycles. The summed E-state index contributed by atoms with van der Waals surface area (Å²) in [6.07, 6.45) is 0. The summed E-state index contributed by atoms with van der Waals surface area (Å²) in [5.74, 6) is -1.53. The number of imide groups is 1. The van der Waals surface area contributed by atoms with Gasteiger partial charge in [0.15, 0.2) is 0 Å². The molecule has 2 aromatic carbocycles. The number of ether oxygens (including phenoxy) is 1. The lowest BCUT2D eigenvalue weighted by Gasteiger charge is -2.20. The van der Waals surface area contributed by atoms with Gasteiger partial charge in [0.1, 0.15) is 12.6 Å². The molecular formula is C18H15NO4. The topological polar surface area (TPSA) is 63.7 Å². The van der Waals surface area contributed by atoms with Crippen molar-refractivity contribution in [3.63, 3.8) is 0 Å². The number of nitrogens with zero attached hydrogens (tertiary/aromatic N) is 1. The summed E-state index contributed by atoms with van der Waals surface area (Å²) in [7, 11) is 0. The summed E-state index contributed by atoms with van der Waals surface area (Å²) in [6.45, 7) is 1.60. The fraction of sp³-hybridized carbons (Fsp3) is 0.167. The van der Waals surface area contributed by atoms with Gasteiger partial charge < -0.3 is 4.74 Å².